The number of rotatable bonds is 6. The number of aromatic hydroxyl groups is 1. The molecule has 5 aliphatic heterocycles. The van der Waals surface area contributed by atoms with Crippen LogP contribution >= 0.6 is 0 Å². The number of imide groups is 1. The van der Waals surface area contributed by atoms with E-state index in [1.165, 1.54) is 4.90 Å². The zero-order chi connectivity index (χ0) is 33.6. The SMILES string of the molecule is C=CCOc1c(C)c2c(c3c1CC1[C@H]4c5c(cc(C)c(OC)c5O)C[C@@H]([C@H](C#N)N1C3CN1C(=O)c3ccccc3C1=O)N4C)OCO2. The minimum absolute atomic E-state index is 0.00670. The first-order chi connectivity index (χ1) is 23.2. The van der Waals surface area contributed by atoms with Gasteiger partial charge in [0.2, 0.25) is 6.79 Å². The summed E-state index contributed by atoms with van der Waals surface area (Å²) in [5.41, 5.74) is 5.65. The van der Waals surface area contributed by atoms with Crippen molar-refractivity contribution in [2.24, 2.45) is 0 Å². The fourth-order valence-electron chi connectivity index (χ4n) is 8.92. The van der Waals surface area contributed by atoms with Gasteiger partial charge in [0.05, 0.1) is 36.4 Å². The summed E-state index contributed by atoms with van der Waals surface area (Å²) in [6.45, 7) is 7.92. The van der Waals surface area contributed by atoms with Gasteiger partial charge in [-0.25, -0.2) is 0 Å². The number of nitriles is 1. The second kappa shape index (κ2) is 11.0. The molecule has 246 valence electrons. The molecule has 0 radical (unpaired) electrons. The molecule has 2 unspecified atom stereocenters. The minimum atomic E-state index is -0.650. The number of aryl methyl sites for hydroxylation is 1. The van der Waals surface area contributed by atoms with Gasteiger partial charge in [-0.3, -0.25) is 24.3 Å². The van der Waals surface area contributed by atoms with Crippen LogP contribution in [0.2, 0.25) is 0 Å². The molecule has 2 bridgehead atoms. The molecule has 0 aliphatic carbocycles. The van der Waals surface area contributed by atoms with Crippen LogP contribution < -0.4 is 18.9 Å². The average molecular weight is 649 g/mol. The van der Waals surface area contributed by atoms with E-state index >= 15 is 0 Å². The molecule has 5 aliphatic rings. The van der Waals surface area contributed by atoms with Gasteiger partial charge in [-0.15, -0.1) is 0 Å². The zero-order valence-electron chi connectivity index (χ0n) is 27.3. The molecule has 11 nitrogen and oxygen atoms in total. The molecule has 3 aromatic carbocycles. The number of methoxy groups -OCH3 is 1. The van der Waals surface area contributed by atoms with Crippen LogP contribution in [0.25, 0.3) is 0 Å². The number of fused-ring (bicyclic) bond motifs is 10. The Hall–Kier alpha value is -5.05. The average Bonchev–Trinajstić information content (AvgIpc) is 3.65. The van der Waals surface area contributed by atoms with Gasteiger partial charge in [-0.2, -0.15) is 5.26 Å². The largest absolute Gasteiger partial charge is 0.504 e. The Bertz CT molecular complexity index is 1930. The van der Waals surface area contributed by atoms with Gasteiger partial charge in [0.15, 0.2) is 23.0 Å². The molecule has 5 atom stereocenters. The van der Waals surface area contributed by atoms with Crippen molar-refractivity contribution < 1.29 is 33.6 Å². The molecule has 0 spiro atoms. The number of benzene rings is 3. The van der Waals surface area contributed by atoms with Crippen LogP contribution in [0.5, 0.6) is 28.7 Å². The first-order valence-corrected chi connectivity index (χ1v) is 16.1. The normalized spacial score (nSPS) is 25.1. The lowest BCUT2D eigenvalue weighted by Crippen LogP contribution is -2.68. The summed E-state index contributed by atoms with van der Waals surface area (Å²) in [7, 11) is 3.55. The monoisotopic (exact) mass is 648 g/mol. The standard InChI is InChI=1S/C37H36N4O7/c1-6-11-46-33-19(3)34-35(48-17-47-34)29-23(33)14-25-30-28-20(12-18(2)32(45-5)31(28)42)13-24(39(30)4)26(15-38)41(25)27(29)16-40-36(43)21-9-7-8-10-22(21)37(40)44/h6-10,12,24-27,30,42H,1,11,13-14,16-17H2,2-5H3/t24-,25?,26-,27?,30-/m0/s1. The molecule has 11 heteroatoms. The number of piperazine rings is 1. The van der Waals surface area contributed by atoms with Gasteiger partial charge in [-0.05, 0) is 57.0 Å². The third-order valence-corrected chi connectivity index (χ3v) is 10.8. The van der Waals surface area contributed by atoms with E-state index in [0.29, 0.717) is 47.0 Å². The first-order valence-electron chi connectivity index (χ1n) is 16.1. The van der Waals surface area contributed by atoms with Crippen LogP contribution in [0.4, 0.5) is 0 Å². The highest BCUT2D eigenvalue weighted by Crippen LogP contribution is 2.58. The molecular weight excluding hydrogens is 612 g/mol. The third kappa shape index (κ3) is 3.99. The van der Waals surface area contributed by atoms with E-state index in [0.717, 1.165) is 33.4 Å². The van der Waals surface area contributed by atoms with Crippen LogP contribution in [-0.2, 0) is 12.8 Å². The van der Waals surface area contributed by atoms with Gasteiger partial charge in [0, 0.05) is 40.9 Å². The highest BCUT2D eigenvalue weighted by atomic mass is 16.7. The molecule has 1 fully saturated rings. The van der Waals surface area contributed by atoms with E-state index in [1.807, 2.05) is 20.9 Å². The van der Waals surface area contributed by atoms with E-state index < -0.39 is 12.1 Å². The maximum atomic E-state index is 13.8. The molecule has 2 amide bonds. The van der Waals surface area contributed by atoms with Crippen molar-refractivity contribution >= 4 is 11.8 Å². The van der Waals surface area contributed by atoms with Crippen LogP contribution in [0, 0.1) is 25.2 Å². The fourth-order valence-corrected chi connectivity index (χ4v) is 8.92. The molecule has 0 aromatic heterocycles. The molecule has 5 heterocycles. The quantitative estimate of drug-likeness (QED) is 0.304. The number of hydrogen-bond acceptors (Lipinski definition) is 10. The summed E-state index contributed by atoms with van der Waals surface area (Å²) in [5.74, 6) is 1.46. The van der Waals surface area contributed by atoms with Gasteiger partial charge in [0.1, 0.15) is 18.4 Å². The second-order valence-electron chi connectivity index (χ2n) is 13.1. The van der Waals surface area contributed by atoms with Gasteiger partial charge in [0.25, 0.3) is 11.8 Å². The Morgan fingerprint density at radius 1 is 1.06 bits per heavy atom. The number of amides is 2. The molecule has 1 N–H and O–H groups in total. The summed E-state index contributed by atoms with van der Waals surface area (Å²) in [4.78, 5) is 33.3. The minimum Gasteiger partial charge on any atom is -0.504 e. The number of ether oxygens (including phenoxy) is 4. The van der Waals surface area contributed by atoms with Crippen molar-refractivity contribution in [3.05, 3.63) is 87.5 Å². The molecule has 1 saturated heterocycles. The van der Waals surface area contributed by atoms with Gasteiger partial charge in [-0.1, -0.05) is 30.9 Å². The molecular formula is C37H36N4O7. The van der Waals surface area contributed by atoms with Crippen molar-refractivity contribution in [2.45, 2.75) is 56.9 Å². The van der Waals surface area contributed by atoms with Crippen molar-refractivity contribution in [1.29, 1.82) is 5.26 Å². The maximum absolute atomic E-state index is 13.8. The Morgan fingerprint density at radius 3 is 2.44 bits per heavy atom. The van der Waals surface area contributed by atoms with E-state index in [-0.39, 0.29) is 55.6 Å². The third-order valence-electron chi connectivity index (χ3n) is 10.8. The molecule has 48 heavy (non-hydrogen) atoms. The van der Waals surface area contributed by atoms with Crippen LogP contribution in [0.15, 0.2) is 43.0 Å². The number of likely N-dealkylation sites (N-methyl/N-ethyl adjacent to an activating group) is 1. The van der Waals surface area contributed by atoms with Crippen molar-refractivity contribution in [2.75, 3.05) is 34.1 Å². The van der Waals surface area contributed by atoms with E-state index in [9.17, 15) is 20.0 Å². The number of carbonyl (C=O) groups is 2. The lowest BCUT2D eigenvalue weighted by molar-refractivity contribution is -0.0758. The second-order valence-corrected chi connectivity index (χ2v) is 13.1. The Morgan fingerprint density at radius 2 is 1.77 bits per heavy atom. The summed E-state index contributed by atoms with van der Waals surface area (Å²) < 4.78 is 24.2. The summed E-state index contributed by atoms with van der Waals surface area (Å²) in [6, 6.07) is 9.26. The van der Waals surface area contributed by atoms with Crippen molar-refractivity contribution in [3.8, 4) is 34.8 Å². The maximum Gasteiger partial charge on any atom is 0.261 e. The Kier molecular flexibility index (Phi) is 6.95. The first kappa shape index (κ1) is 30.3. The highest BCUT2D eigenvalue weighted by molar-refractivity contribution is 6.21. The molecule has 0 saturated carbocycles. The number of nitrogens with zero attached hydrogens (tertiary/aromatic N) is 4. The molecule has 8 rings (SSSR count). The summed E-state index contributed by atoms with van der Waals surface area (Å²) >= 11 is 0. The lowest BCUT2D eigenvalue weighted by Gasteiger charge is -2.60. The van der Waals surface area contributed by atoms with E-state index in [4.69, 9.17) is 18.9 Å². The predicted molar refractivity (Wildman–Crippen MR) is 174 cm³/mol. The smallest absolute Gasteiger partial charge is 0.261 e. The lowest BCUT2D eigenvalue weighted by atomic mass is 9.71. The van der Waals surface area contributed by atoms with Crippen molar-refractivity contribution in [3.63, 3.8) is 0 Å². The number of phenolic OH excluding ortho intramolecular Hbond substituents is 1. The Labute approximate surface area is 278 Å². The van der Waals surface area contributed by atoms with Crippen LogP contribution in [0.3, 0.4) is 0 Å². The van der Waals surface area contributed by atoms with Gasteiger partial charge < -0.3 is 24.1 Å². The number of phenols is 1. The van der Waals surface area contributed by atoms with Crippen molar-refractivity contribution in [1.82, 2.24) is 14.7 Å². The zero-order valence-corrected chi connectivity index (χ0v) is 27.3. The number of hydrogen-bond donors (Lipinski definition) is 1. The fraction of sp³-hybridized carbons (Fsp3) is 0.378. The molecule has 3 aromatic rings. The number of carbonyl (C=O) groups excluding carboxylic acids is 2. The van der Waals surface area contributed by atoms with Crippen LogP contribution in [0.1, 0.15) is 66.2 Å². The highest BCUT2D eigenvalue weighted by Gasteiger charge is 2.57. The summed E-state index contributed by atoms with van der Waals surface area (Å²) in [5, 5.41) is 22.7. The topological polar surface area (TPSA) is 125 Å². The summed E-state index contributed by atoms with van der Waals surface area (Å²) in [6.07, 6.45) is 2.64. The van der Waals surface area contributed by atoms with E-state index in [1.54, 1.807) is 37.5 Å². The Balaban J connectivity index is 1.37. The van der Waals surface area contributed by atoms with Crippen LogP contribution in [-0.4, -0.2) is 83.8 Å². The van der Waals surface area contributed by atoms with Gasteiger partial charge >= 0.3 is 0 Å². The van der Waals surface area contributed by atoms with E-state index in [2.05, 4.69) is 28.5 Å². The predicted octanol–water partition coefficient (Wildman–Crippen LogP) is 4.38.